The second kappa shape index (κ2) is 2.06. The van der Waals surface area contributed by atoms with Crippen molar-refractivity contribution in [1.82, 2.24) is 15.0 Å². The molecule has 0 aliphatic rings. The van der Waals surface area contributed by atoms with Gasteiger partial charge in [0.25, 0.3) is 10.9 Å². The van der Waals surface area contributed by atoms with Crippen LogP contribution in [-0.2, 0) is 0 Å². The summed E-state index contributed by atoms with van der Waals surface area (Å²) in [6, 6.07) is 0. The highest BCUT2D eigenvalue weighted by Gasteiger charge is 2.11. The number of nitrogens with two attached hydrogens (primary N) is 1. The van der Waals surface area contributed by atoms with E-state index in [-0.39, 0.29) is 0 Å². The largest absolute Gasteiger partial charge is 0.368 e. The van der Waals surface area contributed by atoms with E-state index in [9.17, 15) is 0 Å². The van der Waals surface area contributed by atoms with Gasteiger partial charge in [0.05, 0.1) is 0 Å². The summed E-state index contributed by atoms with van der Waals surface area (Å²) in [5.41, 5.74) is 6.76. The molecule has 0 amide bonds. The Morgan fingerprint density at radius 2 is 2.45 bits per heavy atom. The summed E-state index contributed by atoms with van der Waals surface area (Å²) >= 11 is 5.59. The average molecular weight is 171 g/mol. The van der Waals surface area contributed by atoms with Crippen molar-refractivity contribution in [3.8, 4) is 0 Å². The molecular weight excluding hydrogens is 166 g/mol. The van der Waals surface area contributed by atoms with E-state index in [0.29, 0.717) is 22.3 Å². The zero-order valence-corrected chi connectivity index (χ0v) is 6.18. The van der Waals surface area contributed by atoms with Gasteiger partial charge in [0.2, 0.25) is 12.1 Å². The van der Waals surface area contributed by atoms with Crippen LogP contribution in [0.4, 0.5) is 5.82 Å². The number of nitrogens with one attached hydrogen (secondary N) is 2. The van der Waals surface area contributed by atoms with Gasteiger partial charge in [-0.05, 0) is 11.6 Å². The van der Waals surface area contributed by atoms with Crippen molar-refractivity contribution in [2.24, 2.45) is 0 Å². The van der Waals surface area contributed by atoms with Crippen LogP contribution in [0.25, 0.3) is 11.2 Å². The quantitative estimate of drug-likeness (QED) is 0.547. The van der Waals surface area contributed by atoms with E-state index in [2.05, 4.69) is 19.9 Å². The Hall–Kier alpha value is -1.36. The highest BCUT2D eigenvalue weighted by atomic mass is 35.5. The minimum Gasteiger partial charge on any atom is -0.368 e. The smallest absolute Gasteiger partial charge is 0.292 e. The number of halogens is 1. The van der Waals surface area contributed by atoms with Gasteiger partial charge >= 0.3 is 0 Å². The van der Waals surface area contributed by atoms with E-state index >= 15 is 0 Å². The number of fused-ring (bicyclic) bond motifs is 1. The summed E-state index contributed by atoms with van der Waals surface area (Å²) in [5, 5.41) is 0.302. The molecule has 0 bridgehead atoms. The normalized spacial score (nSPS) is 10.6. The van der Waals surface area contributed by atoms with Crippen molar-refractivity contribution >= 4 is 28.6 Å². The third kappa shape index (κ3) is 0.894. The van der Waals surface area contributed by atoms with Gasteiger partial charge in [-0.2, -0.15) is 0 Å². The molecule has 4 N–H and O–H groups in total. The summed E-state index contributed by atoms with van der Waals surface area (Å²) in [7, 11) is 0. The lowest BCUT2D eigenvalue weighted by Gasteiger charge is -1.82. The predicted molar refractivity (Wildman–Crippen MR) is 39.9 cm³/mol. The molecule has 0 aliphatic heterocycles. The van der Waals surface area contributed by atoms with E-state index in [1.54, 1.807) is 0 Å². The molecule has 0 aliphatic carbocycles. The first kappa shape index (κ1) is 6.36. The Morgan fingerprint density at radius 3 is 3.18 bits per heavy atom. The van der Waals surface area contributed by atoms with Crippen LogP contribution in [0.3, 0.4) is 0 Å². The minimum atomic E-state index is 0.302. The first-order valence-corrected chi connectivity index (χ1v) is 3.32. The number of H-pyrrole nitrogens is 2. The van der Waals surface area contributed by atoms with Crippen molar-refractivity contribution in [3.05, 3.63) is 11.6 Å². The number of anilines is 1. The molecule has 0 radical (unpaired) electrons. The van der Waals surface area contributed by atoms with E-state index in [1.165, 1.54) is 6.33 Å². The van der Waals surface area contributed by atoms with Gasteiger partial charge in [-0.25, -0.2) is 4.98 Å². The summed E-state index contributed by atoms with van der Waals surface area (Å²) in [5.74, 6) is 0.387. The third-order valence-electron chi connectivity index (χ3n) is 1.34. The van der Waals surface area contributed by atoms with Crippen LogP contribution in [-0.4, -0.2) is 15.0 Å². The molecular formula is C5H5ClN5+. The fourth-order valence-corrected chi connectivity index (χ4v) is 1.04. The molecule has 0 atom stereocenters. The number of hydrogen-bond acceptors (Lipinski definition) is 3. The molecule has 0 saturated carbocycles. The Kier molecular flexibility index (Phi) is 1.19. The first-order valence-electron chi connectivity index (χ1n) is 2.95. The molecule has 2 aromatic heterocycles. The molecule has 2 aromatic rings. The van der Waals surface area contributed by atoms with Gasteiger partial charge in [-0.3, -0.25) is 0 Å². The van der Waals surface area contributed by atoms with Gasteiger partial charge < -0.3 is 10.7 Å². The van der Waals surface area contributed by atoms with Crippen LogP contribution in [0.15, 0.2) is 6.33 Å². The molecule has 11 heavy (non-hydrogen) atoms. The number of nitrogen functional groups attached to an aromatic ring is 1. The van der Waals surface area contributed by atoms with Crippen LogP contribution in [0, 0.1) is 0 Å². The van der Waals surface area contributed by atoms with Crippen LogP contribution >= 0.6 is 11.6 Å². The summed E-state index contributed by atoms with van der Waals surface area (Å²) in [6.07, 6.45) is 1.47. The summed E-state index contributed by atoms with van der Waals surface area (Å²) in [6.45, 7) is 0. The molecule has 6 heteroatoms. The topological polar surface area (TPSA) is 81.7 Å². The van der Waals surface area contributed by atoms with E-state index in [4.69, 9.17) is 17.3 Å². The average Bonchev–Trinajstić information content (AvgIpc) is 2.31. The fourth-order valence-electron chi connectivity index (χ4n) is 0.862. The maximum Gasteiger partial charge on any atom is 0.292 e. The Bertz CT molecular complexity index is 395. The van der Waals surface area contributed by atoms with Gasteiger partial charge in [0.15, 0.2) is 5.52 Å². The summed E-state index contributed by atoms with van der Waals surface area (Å²) in [4.78, 5) is 13.3. The number of hydrogen-bond donors (Lipinski definition) is 2. The lowest BCUT2D eigenvalue weighted by Crippen LogP contribution is -2.06. The molecule has 2 rings (SSSR count). The number of nitrogens with zero attached hydrogens (tertiary/aromatic N) is 2. The van der Waals surface area contributed by atoms with E-state index in [0.717, 1.165) is 0 Å². The maximum atomic E-state index is 5.59. The monoisotopic (exact) mass is 170 g/mol. The molecule has 0 unspecified atom stereocenters. The predicted octanol–water partition coefficient (Wildman–Crippen LogP) is 0.00760. The standard InChI is InChI=1S/C5H4ClN5/c6-5-10-2-3(7)8-1-9-4(2)11-5/h1H,(H3,7,8,9,10,11)/p+1. The number of aromatic nitrogens is 4. The van der Waals surface area contributed by atoms with Gasteiger partial charge in [0, 0.05) is 0 Å². The molecule has 0 spiro atoms. The number of rotatable bonds is 0. The number of aromatic amines is 2. The third-order valence-corrected chi connectivity index (χ3v) is 1.51. The van der Waals surface area contributed by atoms with Crippen molar-refractivity contribution in [3.63, 3.8) is 0 Å². The van der Waals surface area contributed by atoms with Crippen LogP contribution in [0.5, 0.6) is 0 Å². The van der Waals surface area contributed by atoms with Crippen molar-refractivity contribution < 1.29 is 4.98 Å². The molecule has 0 saturated heterocycles. The van der Waals surface area contributed by atoms with Crippen molar-refractivity contribution in [2.45, 2.75) is 0 Å². The minimum absolute atomic E-state index is 0.302. The Labute approximate surface area is 66.6 Å². The van der Waals surface area contributed by atoms with E-state index in [1.807, 2.05) is 0 Å². The lowest BCUT2D eigenvalue weighted by molar-refractivity contribution is -0.352. The SMILES string of the molecule is Nc1nc[nH+]c2nc(Cl)[nH]c12. The van der Waals surface area contributed by atoms with Gasteiger partial charge in [-0.15, -0.1) is 0 Å². The van der Waals surface area contributed by atoms with Crippen LogP contribution in [0.2, 0.25) is 5.28 Å². The molecule has 0 aromatic carbocycles. The van der Waals surface area contributed by atoms with Crippen LogP contribution < -0.4 is 10.7 Å². The zero-order valence-electron chi connectivity index (χ0n) is 5.43. The van der Waals surface area contributed by atoms with E-state index < -0.39 is 0 Å². The Balaban J connectivity index is 2.90. The lowest BCUT2D eigenvalue weighted by atomic mass is 10.5. The summed E-state index contributed by atoms with van der Waals surface area (Å²) < 4.78 is 0. The second-order valence-electron chi connectivity index (χ2n) is 2.04. The van der Waals surface area contributed by atoms with Gasteiger partial charge in [-0.1, -0.05) is 9.97 Å². The second-order valence-corrected chi connectivity index (χ2v) is 2.40. The van der Waals surface area contributed by atoms with Crippen molar-refractivity contribution in [2.75, 3.05) is 5.73 Å². The van der Waals surface area contributed by atoms with Crippen LogP contribution in [0.1, 0.15) is 0 Å². The Morgan fingerprint density at radius 1 is 1.64 bits per heavy atom. The van der Waals surface area contributed by atoms with Gasteiger partial charge in [0.1, 0.15) is 0 Å². The maximum absolute atomic E-state index is 5.59. The number of imidazole rings is 1. The molecule has 0 fully saturated rings. The molecule has 56 valence electrons. The highest BCUT2D eigenvalue weighted by Crippen LogP contribution is 2.13. The van der Waals surface area contributed by atoms with Crippen molar-refractivity contribution in [1.29, 1.82) is 0 Å². The zero-order chi connectivity index (χ0) is 7.84. The molecule has 5 nitrogen and oxygen atoms in total. The fraction of sp³-hybridized carbons (Fsp3) is 0. The highest BCUT2D eigenvalue weighted by molar-refractivity contribution is 6.29. The first-order chi connectivity index (χ1) is 5.27. The molecule has 2 heterocycles.